The molecule has 178 valence electrons. The maximum absolute atomic E-state index is 12.9. The lowest BCUT2D eigenvalue weighted by Crippen LogP contribution is -2.14. The number of carbonyl (C=O) groups excluding carboxylic acids is 1. The highest BCUT2D eigenvalue weighted by molar-refractivity contribution is 5.95. The minimum absolute atomic E-state index is 0.0389. The number of aryl methyl sites for hydroxylation is 1. The number of unbranched alkanes of at least 4 members (excludes halogenated alkanes) is 1. The lowest BCUT2D eigenvalue weighted by atomic mass is 9.86. The van der Waals surface area contributed by atoms with Gasteiger partial charge in [0.2, 0.25) is 11.6 Å². The molecule has 1 aliphatic rings. The molecule has 2 heterocycles. The van der Waals surface area contributed by atoms with Crippen molar-refractivity contribution in [3.63, 3.8) is 0 Å². The standard InChI is InChI=1S/C27H32N4O3/c1-2-3-13-25-29-26(24(32)16-19-9-5-4-6-10-19)30-31(25)18-21-15-14-20(17-28-21)22-11-7-8-12-23(22)27(33)34/h7-8,11-12,14-15,17,19H,2-6,9-10,13,16,18H2,1H3,(H,33,34). The number of hydrogen-bond acceptors (Lipinski definition) is 5. The number of ketones is 1. The van der Waals surface area contributed by atoms with Crippen molar-refractivity contribution in [2.45, 2.75) is 71.3 Å². The van der Waals surface area contributed by atoms with Gasteiger partial charge in [-0.1, -0.05) is 69.7 Å². The number of nitrogens with zero attached hydrogens (tertiary/aromatic N) is 4. The summed E-state index contributed by atoms with van der Waals surface area (Å²) in [5.74, 6) is 0.667. The van der Waals surface area contributed by atoms with E-state index in [0.717, 1.165) is 49.2 Å². The van der Waals surface area contributed by atoms with Gasteiger partial charge >= 0.3 is 5.97 Å². The average molecular weight is 461 g/mol. The highest BCUT2D eigenvalue weighted by atomic mass is 16.4. The van der Waals surface area contributed by atoms with Gasteiger partial charge in [-0.25, -0.2) is 14.5 Å². The van der Waals surface area contributed by atoms with E-state index in [9.17, 15) is 14.7 Å². The molecular weight excluding hydrogens is 428 g/mol. The van der Waals surface area contributed by atoms with Gasteiger partial charge in [-0.05, 0) is 30.0 Å². The van der Waals surface area contributed by atoms with E-state index in [0.29, 0.717) is 30.3 Å². The third-order valence-corrected chi connectivity index (χ3v) is 6.56. The molecule has 2 aromatic heterocycles. The number of Topliss-reactive ketones (excluding diaryl/α,β-unsaturated/α-hetero) is 1. The van der Waals surface area contributed by atoms with E-state index in [1.54, 1.807) is 29.1 Å². The largest absolute Gasteiger partial charge is 0.478 e. The van der Waals surface area contributed by atoms with Gasteiger partial charge in [0.1, 0.15) is 5.82 Å². The maximum Gasteiger partial charge on any atom is 0.336 e. The zero-order valence-electron chi connectivity index (χ0n) is 19.7. The first kappa shape index (κ1) is 23.8. The van der Waals surface area contributed by atoms with Gasteiger partial charge in [0.05, 0.1) is 17.8 Å². The van der Waals surface area contributed by atoms with Crippen LogP contribution in [0, 0.1) is 5.92 Å². The van der Waals surface area contributed by atoms with Gasteiger partial charge < -0.3 is 5.11 Å². The molecule has 0 unspecified atom stereocenters. The van der Waals surface area contributed by atoms with E-state index in [4.69, 9.17) is 0 Å². The number of carbonyl (C=O) groups is 2. The molecule has 0 saturated heterocycles. The summed E-state index contributed by atoms with van der Waals surface area (Å²) < 4.78 is 1.80. The van der Waals surface area contributed by atoms with Gasteiger partial charge in [-0.15, -0.1) is 5.10 Å². The number of rotatable bonds is 10. The molecule has 1 fully saturated rings. The molecule has 34 heavy (non-hydrogen) atoms. The second kappa shape index (κ2) is 11.2. The Hall–Kier alpha value is -3.35. The average Bonchev–Trinajstić information content (AvgIpc) is 3.26. The number of pyridine rings is 1. The summed E-state index contributed by atoms with van der Waals surface area (Å²) in [4.78, 5) is 33.6. The van der Waals surface area contributed by atoms with Crippen LogP contribution in [0.15, 0.2) is 42.6 Å². The van der Waals surface area contributed by atoms with Crippen LogP contribution in [0.3, 0.4) is 0 Å². The summed E-state index contributed by atoms with van der Waals surface area (Å²) in [5, 5.41) is 14.0. The van der Waals surface area contributed by atoms with Gasteiger partial charge in [0.15, 0.2) is 0 Å². The van der Waals surface area contributed by atoms with Crippen LogP contribution < -0.4 is 0 Å². The predicted molar refractivity (Wildman–Crippen MR) is 130 cm³/mol. The van der Waals surface area contributed by atoms with Crippen molar-refractivity contribution in [1.29, 1.82) is 0 Å². The second-order valence-electron chi connectivity index (χ2n) is 9.13. The normalized spacial score (nSPS) is 14.3. The van der Waals surface area contributed by atoms with Crippen LogP contribution in [0.2, 0.25) is 0 Å². The second-order valence-corrected chi connectivity index (χ2v) is 9.13. The van der Waals surface area contributed by atoms with Crippen molar-refractivity contribution in [3.8, 4) is 11.1 Å². The Labute approximate surface area is 200 Å². The van der Waals surface area contributed by atoms with Crippen molar-refractivity contribution >= 4 is 11.8 Å². The van der Waals surface area contributed by atoms with Crippen LogP contribution in [0.25, 0.3) is 11.1 Å². The van der Waals surface area contributed by atoms with Crippen LogP contribution in [0.1, 0.15) is 90.8 Å². The molecule has 7 heteroatoms. The Bertz CT molecular complexity index is 1130. The lowest BCUT2D eigenvalue weighted by molar-refractivity contribution is 0.0697. The Kier molecular flexibility index (Phi) is 7.83. The number of aromatic nitrogens is 4. The first-order valence-electron chi connectivity index (χ1n) is 12.3. The maximum atomic E-state index is 12.9. The van der Waals surface area contributed by atoms with Gasteiger partial charge in [0, 0.05) is 24.6 Å². The van der Waals surface area contributed by atoms with E-state index >= 15 is 0 Å². The monoisotopic (exact) mass is 460 g/mol. The SMILES string of the molecule is CCCCc1nc(C(=O)CC2CCCCC2)nn1Cc1ccc(-c2ccccc2C(=O)O)cn1. The van der Waals surface area contributed by atoms with E-state index in [1.807, 2.05) is 18.2 Å². The minimum atomic E-state index is -0.965. The molecule has 1 N–H and O–H groups in total. The fraction of sp³-hybridized carbons (Fsp3) is 0.444. The molecule has 0 spiro atoms. The number of benzene rings is 1. The third-order valence-electron chi connectivity index (χ3n) is 6.56. The Balaban J connectivity index is 1.52. The fourth-order valence-electron chi connectivity index (χ4n) is 4.64. The van der Waals surface area contributed by atoms with Crippen LogP contribution in [-0.2, 0) is 13.0 Å². The molecule has 0 radical (unpaired) electrons. The van der Waals surface area contributed by atoms with E-state index < -0.39 is 5.97 Å². The highest BCUT2D eigenvalue weighted by Gasteiger charge is 2.22. The number of hydrogen-bond donors (Lipinski definition) is 1. The Morgan fingerprint density at radius 3 is 2.59 bits per heavy atom. The summed E-state index contributed by atoms with van der Waals surface area (Å²) in [7, 11) is 0. The summed E-state index contributed by atoms with van der Waals surface area (Å²) in [5.41, 5.74) is 2.41. The van der Waals surface area contributed by atoms with Crippen molar-refractivity contribution < 1.29 is 14.7 Å². The predicted octanol–water partition coefficient (Wildman–Crippen LogP) is 5.58. The fourth-order valence-corrected chi connectivity index (χ4v) is 4.64. The first-order valence-corrected chi connectivity index (χ1v) is 12.3. The molecule has 1 aromatic carbocycles. The smallest absolute Gasteiger partial charge is 0.336 e. The Morgan fingerprint density at radius 2 is 1.88 bits per heavy atom. The van der Waals surface area contributed by atoms with Crippen LogP contribution >= 0.6 is 0 Å². The number of carboxylic acids is 1. The van der Waals surface area contributed by atoms with E-state index in [-0.39, 0.29) is 11.3 Å². The highest BCUT2D eigenvalue weighted by Crippen LogP contribution is 2.27. The van der Waals surface area contributed by atoms with Crippen LogP contribution in [0.4, 0.5) is 0 Å². The molecule has 0 atom stereocenters. The van der Waals surface area contributed by atoms with Crippen molar-refractivity contribution in [2.75, 3.05) is 0 Å². The summed E-state index contributed by atoms with van der Waals surface area (Å²) in [6, 6.07) is 10.7. The molecule has 0 bridgehead atoms. The van der Waals surface area contributed by atoms with Gasteiger partial charge in [-0.3, -0.25) is 9.78 Å². The third kappa shape index (κ3) is 5.76. The van der Waals surface area contributed by atoms with E-state index in [1.165, 1.54) is 19.3 Å². The molecule has 0 aliphatic heterocycles. The molecule has 4 rings (SSSR count). The van der Waals surface area contributed by atoms with Crippen LogP contribution in [0.5, 0.6) is 0 Å². The van der Waals surface area contributed by atoms with Crippen molar-refractivity contribution in [1.82, 2.24) is 19.7 Å². The summed E-state index contributed by atoms with van der Waals surface area (Å²) in [6.07, 6.45) is 10.9. The van der Waals surface area contributed by atoms with Gasteiger partial charge in [0.25, 0.3) is 0 Å². The minimum Gasteiger partial charge on any atom is -0.478 e. The molecule has 0 amide bonds. The summed E-state index contributed by atoms with van der Waals surface area (Å²) >= 11 is 0. The molecule has 3 aromatic rings. The first-order chi connectivity index (χ1) is 16.5. The lowest BCUT2D eigenvalue weighted by Gasteiger charge is -2.19. The Morgan fingerprint density at radius 1 is 1.09 bits per heavy atom. The molecule has 1 aliphatic carbocycles. The molecule has 7 nitrogen and oxygen atoms in total. The van der Waals surface area contributed by atoms with Crippen molar-refractivity contribution in [3.05, 3.63) is 65.5 Å². The number of carboxylic acid groups (broad SMARTS) is 1. The summed E-state index contributed by atoms with van der Waals surface area (Å²) in [6.45, 7) is 2.55. The van der Waals surface area contributed by atoms with Crippen molar-refractivity contribution in [2.24, 2.45) is 5.92 Å². The van der Waals surface area contributed by atoms with Gasteiger partial charge in [-0.2, -0.15) is 0 Å². The number of aromatic carboxylic acids is 1. The molecule has 1 saturated carbocycles. The quantitative estimate of drug-likeness (QED) is 0.397. The zero-order valence-corrected chi connectivity index (χ0v) is 19.7. The molecular formula is C27H32N4O3. The zero-order chi connectivity index (χ0) is 23.9. The van der Waals surface area contributed by atoms with E-state index in [2.05, 4.69) is 22.0 Å². The topological polar surface area (TPSA) is 98.0 Å². The van der Waals surface area contributed by atoms with Crippen LogP contribution in [-0.4, -0.2) is 36.6 Å².